The first kappa shape index (κ1) is 25.7. The normalized spacial score (nSPS) is 11.8. The molecule has 3 rings (SSSR count). The molecule has 0 fully saturated rings. The number of benzene rings is 1. The van der Waals surface area contributed by atoms with Crippen molar-refractivity contribution >= 4 is 34.7 Å². The van der Waals surface area contributed by atoms with Crippen molar-refractivity contribution in [1.29, 1.82) is 0 Å². The molecule has 2 heterocycles. The Kier molecular flexibility index (Phi) is 8.77. The number of ketones is 1. The highest BCUT2D eigenvalue weighted by atomic mass is 16.5. The van der Waals surface area contributed by atoms with E-state index in [-0.39, 0.29) is 49.8 Å². The van der Waals surface area contributed by atoms with Crippen LogP contribution in [0.4, 0.5) is 5.95 Å². The van der Waals surface area contributed by atoms with Crippen LogP contribution in [0.25, 0.3) is 11.0 Å². The number of fused-ring (bicyclic) bond motifs is 1. The quantitative estimate of drug-likeness (QED) is 0.263. The van der Waals surface area contributed by atoms with E-state index in [0.717, 1.165) is 11.1 Å². The minimum Gasteiger partial charge on any atom is -0.466 e. The molecule has 186 valence electrons. The zero-order valence-corrected chi connectivity index (χ0v) is 19.9. The molecule has 0 aliphatic heterocycles. The summed E-state index contributed by atoms with van der Waals surface area (Å²) in [6.45, 7) is 3.86. The van der Waals surface area contributed by atoms with Crippen molar-refractivity contribution in [1.82, 2.24) is 15.0 Å². The molecule has 35 heavy (non-hydrogen) atoms. The van der Waals surface area contributed by atoms with Gasteiger partial charge < -0.3 is 20.2 Å². The summed E-state index contributed by atoms with van der Waals surface area (Å²) in [7, 11) is 0. The summed E-state index contributed by atoms with van der Waals surface area (Å²) in [5.41, 5.74) is 8.03. The third-order valence-electron chi connectivity index (χ3n) is 5.65. The molecule has 0 saturated heterocycles. The van der Waals surface area contributed by atoms with E-state index < -0.39 is 17.9 Å². The van der Waals surface area contributed by atoms with Gasteiger partial charge in [0.25, 0.3) is 5.56 Å². The van der Waals surface area contributed by atoms with Gasteiger partial charge in [-0.3, -0.25) is 24.2 Å². The summed E-state index contributed by atoms with van der Waals surface area (Å²) in [6.07, 6.45) is 3.17. The Morgan fingerprint density at radius 1 is 1.06 bits per heavy atom. The Morgan fingerprint density at radius 2 is 1.77 bits per heavy atom. The van der Waals surface area contributed by atoms with E-state index in [2.05, 4.69) is 15.0 Å². The Bertz CT molecular complexity index is 1250. The van der Waals surface area contributed by atoms with Crippen LogP contribution in [0.15, 0.2) is 35.3 Å². The standard InChI is InChI=1S/C25H30N4O6/c1-3-34-20(31)12-11-17(24(33)35-4-2)13-19(30)16-8-5-15(6-9-16)7-10-18-14-27-22-21(18)23(32)29-25(26)28-22/h5-6,8-9,14,17H,3-4,7,10-13H2,1-2H3,(H4,26,27,28,29,32). The summed E-state index contributed by atoms with van der Waals surface area (Å²) >= 11 is 0. The molecular formula is C25H30N4O6. The van der Waals surface area contributed by atoms with E-state index in [0.29, 0.717) is 29.4 Å². The van der Waals surface area contributed by atoms with Gasteiger partial charge in [0, 0.05) is 24.6 Å². The fraction of sp³-hybridized carbons (Fsp3) is 0.400. The predicted octanol–water partition coefficient (Wildman–Crippen LogP) is 2.71. The maximum Gasteiger partial charge on any atom is 0.309 e. The number of hydrogen-bond acceptors (Lipinski definition) is 8. The second-order valence-electron chi connectivity index (χ2n) is 8.11. The fourth-order valence-electron chi connectivity index (χ4n) is 3.88. The largest absolute Gasteiger partial charge is 0.466 e. The number of aromatic amines is 2. The second kappa shape index (κ2) is 12.0. The molecule has 2 aromatic heterocycles. The summed E-state index contributed by atoms with van der Waals surface area (Å²) in [6, 6.07) is 7.13. The number of nitrogens with zero attached hydrogens (tertiary/aromatic N) is 1. The number of ether oxygens (including phenoxy) is 2. The van der Waals surface area contributed by atoms with Crippen LogP contribution in [0.2, 0.25) is 0 Å². The van der Waals surface area contributed by atoms with Gasteiger partial charge >= 0.3 is 11.9 Å². The van der Waals surface area contributed by atoms with Gasteiger partial charge in [-0.15, -0.1) is 0 Å². The Hall–Kier alpha value is -3.95. The van der Waals surface area contributed by atoms with E-state index in [1.165, 1.54) is 0 Å². The molecule has 0 amide bonds. The monoisotopic (exact) mass is 482 g/mol. The topological polar surface area (TPSA) is 157 Å². The smallest absolute Gasteiger partial charge is 0.309 e. The van der Waals surface area contributed by atoms with Gasteiger partial charge in [-0.05, 0) is 44.2 Å². The van der Waals surface area contributed by atoms with Crippen LogP contribution >= 0.6 is 0 Å². The van der Waals surface area contributed by atoms with Crippen molar-refractivity contribution in [2.24, 2.45) is 5.92 Å². The zero-order valence-electron chi connectivity index (χ0n) is 19.9. The van der Waals surface area contributed by atoms with Gasteiger partial charge in [-0.25, -0.2) is 0 Å². The van der Waals surface area contributed by atoms with Crippen molar-refractivity contribution in [2.75, 3.05) is 18.9 Å². The van der Waals surface area contributed by atoms with Crippen LogP contribution in [0.3, 0.4) is 0 Å². The number of aryl methyl sites for hydroxylation is 2. The molecule has 10 heteroatoms. The molecule has 1 atom stereocenters. The van der Waals surface area contributed by atoms with Crippen molar-refractivity contribution in [3.8, 4) is 0 Å². The molecule has 1 unspecified atom stereocenters. The van der Waals surface area contributed by atoms with Crippen molar-refractivity contribution in [3.05, 3.63) is 57.5 Å². The molecule has 0 spiro atoms. The Labute approximate surface area is 202 Å². The summed E-state index contributed by atoms with van der Waals surface area (Å²) < 4.78 is 10.00. The number of Topliss-reactive ketones (excluding diaryl/α,β-unsaturated/α-hetero) is 1. The maximum absolute atomic E-state index is 12.8. The van der Waals surface area contributed by atoms with E-state index in [1.807, 2.05) is 12.1 Å². The lowest BCUT2D eigenvalue weighted by molar-refractivity contribution is -0.149. The lowest BCUT2D eigenvalue weighted by Gasteiger charge is -2.14. The summed E-state index contributed by atoms with van der Waals surface area (Å²) in [5.74, 6) is -1.76. The van der Waals surface area contributed by atoms with E-state index >= 15 is 0 Å². The lowest BCUT2D eigenvalue weighted by Crippen LogP contribution is -2.22. The van der Waals surface area contributed by atoms with Crippen molar-refractivity contribution in [3.63, 3.8) is 0 Å². The maximum atomic E-state index is 12.8. The van der Waals surface area contributed by atoms with Gasteiger partial charge in [0.05, 0.1) is 24.5 Å². The van der Waals surface area contributed by atoms with Crippen LogP contribution in [0.1, 0.15) is 54.6 Å². The number of esters is 2. The van der Waals surface area contributed by atoms with Gasteiger partial charge in [0.15, 0.2) is 5.78 Å². The van der Waals surface area contributed by atoms with Gasteiger partial charge in [-0.2, -0.15) is 4.98 Å². The number of anilines is 1. The molecule has 3 aromatic rings. The minimum absolute atomic E-state index is 0.0440. The van der Waals surface area contributed by atoms with Gasteiger partial charge in [0.2, 0.25) is 5.95 Å². The number of carbonyl (C=O) groups excluding carboxylic acids is 3. The highest BCUT2D eigenvalue weighted by Gasteiger charge is 2.25. The second-order valence-corrected chi connectivity index (χ2v) is 8.11. The van der Waals surface area contributed by atoms with E-state index in [4.69, 9.17) is 15.2 Å². The summed E-state index contributed by atoms with van der Waals surface area (Å²) in [5, 5.41) is 0.485. The third kappa shape index (κ3) is 6.78. The molecule has 4 N–H and O–H groups in total. The third-order valence-corrected chi connectivity index (χ3v) is 5.65. The highest BCUT2D eigenvalue weighted by molar-refractivity contribution is 5.98. The molecule has 0 aliphatic carbocycles. The Balaban J connectivity index is 1.62. The first-order valence-electron chi connectivity index (χ1n) is 11.6. The minimum atomic E-state index is -0.714. The van der Waals surface area contributed by atoms with Crippen LogP contribution < -0.4 is 11.3 Å². The molecule has 0 radical (unpaired) electrons. The number of rotatable bonds is 12. The first-order valence-corrected chi connectivity index (χ1v) is 11.6. The molecule has 0 aliphatic rings. The van der Waals surface area contributed by atoms with Crippen LogP contribution in [0.5, 0.6) is 0 Å². The van der Waals surface area contributed by atoms with E-state index in [1.54, 1.807) is 32.2 Å². The van der Waals surface area contributed by atoms with Crippen LogP contribution in [-0.2, 0) is 31.9 Å². The average Bonchev–Trinajstić information content (AvgIpc) is 3.24. The van der Waals surface area contributed by atoms with Gasteiger partial charge in [-0.1, -0.05) is 24.3 Å². The van der Waals surface area contributed by atoms with Crippen molar-refractivity contribution in [2.45, 2.75) is 46.0 Å². The highest BCUT2D eigenvalue weighted by Crippen LogP contribution is 2.20. The number of carbonyl (C=O) groups is 3. The number of H-pyrrole nitrogens is 2. The van der Waals surface area contributed by atoms with E-state index in [9.17, 15) is 19.2 Å². The van der Waals surface area contributed by atoms with Crippen LogP contribution in [-0.4, -0.2) is 45.9 Å². The first-order chi connectivity index (χ1) is 16.8. The lowest BCUT2D eigenvalue weighted by atomic mass is 9.93. The molecular weight excluding hydrogens is 452 g/mol. The Morgan fingerprint density at radius 3 is 2.46 bits per heavy atom. The van der Waals surface area contributed by atoms with Gasteiger partial charge in [0.1, 0.15) is 5.65 Å². The van der Waals surface area contributed by atoms with Crippen molar-refractivity contribution < 1.29 is 23.9 Å². The summed E-state index contributed by atoms with van der Waals surface area (Å²) in [4.78, 5) is 58.6. The number of hydrogen-bond donors (Lipinski definition) is 3. The zero-order chi connectivity index (χ0) is 25.4. The average molecular weight is 483 g/mol. The number of nitrogen functional groups attached to an aromatic ring is 1. The molecule has 0 saturated carbocycles. The molecule has 10 nitrogen and oxygen atoms in total. The number of nitrogens with two attached hydrogens (primary N) is 1. The fourth-order valence-corrected chi connectivity index (χ4v) is 3.88. The van der Waals surface area contributed by atoms with Crippen LogP contribution in [0, 0.1) is 5.92 Å². The number of aromatic nitrogens is 3. The molecule has 1 aromatic carbocycles. The number of nitrogens with one attached hydrogen (secondary N) is 2. The predicted molar refractivity (Wildman–Crippen MR) is 130 cm³/mol. The molecule has 0 bridgehead atoms. The SMILES string of the molecule is CCOC(=O)CCC(CC(=O)c1ccc(CCc2c[nH]c3nc(N)[nH]c(=O)c23)cc1)C(=O)OCC.